The summed E-state index contributed by atoms with van der Waals surface area (Å²) in [6, 6.07) is -0.999. The number of carbonyl (C=O) groups excluding carboxylic acids is 1. The average molecular weight is 1530 g/mol. The summed E-state index contributed by atoms with van der Waals surface area (Å²) >= 11 is 0. The molecule has 0 bridgehead atoms. The molecule has 3 aliphatic heterocycles. The molecule has 3 rings (SSSR count). The molecule has 3 fully saturated rings. The number of aliphatic hydroxyl groups is 11. The van der Waals surface area contributed by atoms with Gasteiger partial charge in [0.2, 0.25) is 5.91 Å². The molecule has 19 heteroatoms. The van der Waals surface area contributed by atoms with E-state index in [0.29, 0.717) is 12.8 Å². The molecule has 108 heavy (non-hydrogen) atoms. The lowest BCUT2D eigenvalue weighted by molar-refractivity contribution is -0.379. The smallest absolute Gasteiger partial charge is 0.220 e. The summed E-state index contributed by atoms with van der Waals surface area (Å²) < 4.78 is 34.5. The fourth-order valence-electron chi connectivity index (χ4n) is 14.6. The molecule has 17 unspecified atom stereocenters. The molecule has 0 saturated carbocycles. The first-order valence-corrected chi connectivity index (χ1v) is 44.2. The van der Waals surface area contributed by atoms with Crippen molar-refractivity contribution in [3.8, 4) is 0 Å². The average Bonchev–Trinajstić information content (AvgIpc) is 0.775. The van der Waals surface area contributed by atoms with Gasteiger partial charge in [0, 0.05) is 6.42 Å². The molecule has 1 amide bonds. The van der Waals surface area contributed by atoms with Crippen LogP contribution in [0.5, 0.6) is 0 Å². The van der Waals surface area contributed by atoms with Crippen molar-refractivity contribution in [1.82, 2.24) is 5.32 Å². The van der Waals surface area contributed by atoms with Crippen molar-refractivity contribution in [1.29, 1.82) is 0 Å². The van der Waals surface area contributed by atoms with Gasteiger partial charge in [-0.1, -0.05) is 337 Å². The van der Waals surface area contributed by atoms with E-state index in [1.165, 1.54) is 263 Å². The third-order valence-electron chi connectivity index (χ3n) is 21.7. The minimum Gasteiger partial charge on any atom is -0.394 e. The van der Waals surface area contributed by atoms with Crippen molar-refractivity contribution in [3.63, 3.8) is 0 Å². The zero-order valence-corrected chi connectivity index (χ0v) is 67.8. The highest BCUT2D eigenvalue weighted by atomic mass is 16.8. The van der Waals surface area contributed by atoms with E-state index in [2.05, 4.69) is 79.9 Å². The van der Waals surface area contributed by atoms with E-state index < -0.39 is 124 Å². The van der Waals surface area contributed by atoms with E-state index >= 15 is 0 Å². The molecule has 3 aliphatic rings. The van der Waals surface area contributed by atoms with Crippen LogP contribution in [0, 0.1) is 0 Å². The lowest BCUT2D eigenvalue weighted by Crippen LogP contribution is -2.66. The largest absolute Gasteiger partial charge is 0.394 e. The van der Waals surface area contributed by atoms with Crippen LogP contribution in [-0.2, 0) is 33.2 Å². The second-order valence-electron chi connectivity index (χ2n) is 31.3. The van der Waals surface area contributed by atoms with Crippen molar-refractivity contribution in [3.05, 3.63) is 72.9 Å². The highest BCUT2D eigenvalue weighted by Crippen LogP contribution is 2.33. The first-order chi connectivity index (χ1) is 52.8. The molecule has 0 aliphatic carbocycles. The number of nitrogens with one attached hydrogen (secondary N) is 1. The Morgan fingerprint density at radius 3 is 0.991 bits per heavy atom. The Bertz CT molecular complexity index is 2230. The Morgan fingerprint density at radius 2 is 0.620 bits per heavy atom. The molecule has 0 spiro atoms. The quantitative estimate of drug-likeness (QED) is 0.0199. The number of hydrogen-bond acceptors (Lipinski definition) is 18. The summed E-state index contributed by atoms with van der Waals surface area (Å²) in [6.45, 7) is 1.74. The molecule has 0 aromatic heterocycles. The molecule has 12 N–H and O–H groups in total. The number of rotatable bonds is 71. The van der Waals surface area contributed by atoms with Gasteiger partial charge in [-0.05, 0) is 83.5 Å². The van der Waals surface area contributed by atoms with Crippen LogP contribution in [-0.4, -0.2) is 193 Å². The topological polar surface area (TPSA) is 307 Å². The highest BCUT2D eigenvalue weighted by Gasteiger charge is 2.54. The first-order valence-electron chi connectivity index (χ1n) is 44.2. The van der Waals surface area contributed by atoms with Crippen LogP contribution in [0.4, 0.5) is 0 Å². The third-order valence-corrected chi connectivity index (χ3v) is 21.7. The SMILES string of the molecule is CCCCCCC/C=C\C/C=C\C/C=C\CCCCCCCCCCCCCCCCCCCCCCCCCCC(=O)NC(COC1OC(CO)C(OC2OC(CO)C(OC3OC(CO)C(O)C(O)C3O)C(O)C2O)C(O)C1O)C(O)/C=C/CC/C=C/CC/C=C/CCCCCCCCCCCCCCCC. The summed E-state index contributed by atoms with van der Waals surface area (Å²) in [5.74, 6) is -0.284. The number of allylic oxidation sites excluding steroid dienone is 11. The van der Waals surface area contributed by atoms with Crippen LogP contribution in [0.2, 0.25) is 0 Å². The number of carbonyl (C=O) groups is 1. The molecule has 0 aromatic rings. The van der Waals surface area contributed by atoms with Crippen LogP contribution < -0.4 is 5.32 Å². The second-order valence-corrected chi connectivity index (χ2v) is 31.3. The minimum absolute atomic E-state index is 0.233. The van der Waals surface area contributed by atoms with Gasteiger partial charge in [-0.2, -0.15) is 0 Å². The molecule has 17 atom stereocenters. The Morgan fingerprint density at radius 1 is 0.333 bits per heavy atom. The number of amides is 1. The normalized spacial score (nSPS) is 25.7. The minimum atomic E-state index is -1.98. The molecular formula is C89H161NO18. The van der Waals surface area contributed by atoms with Gasteiger partial charge in [0.25, 0.3) is 0 Å². The zero-order chi connectivity index (χ0) is 78.1. The summed E-state index contributed by atoms with van der Waals surface area (Å²) in [6.07, 6.45) is 64.9. The van der Waals surface area contributed by atoms with Crippen molar-refractivity contribution >= 4 is 5.91 Å². The number of unbranched alkanes of at least 4 members (excludes halogenated alkanes) is 45. The summed E-state index contributed by atoms with van der Waals surface area (Å²) in [5.41, 5.74) is 0. The summed E-state index contributed by atoms with van der Waals surface area (Å²) in [4.78, 5) is 13.5. The van der Waals surface area contributed by atoms with Crippen molar-refractivity contribution in [2.75, 3.05) is 26.4 Å². The van der Waals surface area contributed by atoms with Crippen LogP contribution >= 0.6 is 0 Å². The molecule has 3 heterocycles. The van der Waals surface area contributed by atoms with Crippen molar-refractivity contribution in [2.24, 2.45) is 0 Å². The van der Waals surface area contributed by atoms with Gasteiger partial charge in [0.1, 0.15) is 73.2 Å². The Kier molecular flexibility index (Phi) is 63.2. The van der Waals surface area contributed by atoms with Gasteiger partial charge in [0.15, 0.2) is 18.9 Å². The van der Waals surface area contributed by atoms with Crippen LogP contribution in [0.15, 0.2) is 72.9 Å². The monoisotopic (exact) mass is 1530 g/mol. The van der Waals surface area contributed by atoms with Gasteiger partial charge in [-0.15, -0.1) is 0 Å². The molecule has 0 aromatic carbocycles. The van der Waals surface area contributed by atoms with E-state index in [1.807, 2.05) is 6.08 Å². The van der Waals surface area contributed by atoms with Crippen LogP contribution in [0.3, 0.4) is 0 Å². The van der Waals surface area contributed by atoms with Crippen molar-refractivity contribution < 1.29 is 89.4 Å². The van der Waals surface area contributed by atoms with E-state index in [9.17, 15) is 61.0 Å². The fourth-order valence-corrected chi connectivity index (χ4v) is 14.6. The number of ether oxygens (including phenoxy) is 6. The predicted molar refractivity (Wildman–Crippen MR) is 434 cm³/mol. The van der Waals surface area contributed by atoms with Gasteiger partial charge < -0.3 is 89.9 Å². The van der Waals surface area contributed by atoms with E-state index in [-0.39, 0.29) is 18.9 Å². The molecule has 630 valence electrons. The lowest BCUT2D eigenvalue weighted by atomic mass is 9.96. The summed E-state index contributed by atoms with van der Waals surface area (Å²) in [7, 11) is 0. The van der Waals surface area contributed by atoms with Crippen LogP contribution in [0.1, 0.15) is 354 Å². The maximum absolute atomic E-state index is 13.5. The fraction of sp³-hybridized carbons (Fsp3) is 0.854. The maximum atomic E-state index is 13.5. The van der Waals surface area contributed by atoms with Gasteiger partial charge >= 0.3 is 0 Å². The van der Waals surface area contributed by atoms with E-state index in [4.69, 9.17) is 28.4 Å². The molecule has 3 saturated heterocycles. The highest BCUT2D eigenvalue weighted by molar-refractivity contribution is 5.76. The Labute approximate surface area is 655 Å². The van der Waals surface area contributed by atoms with E-state index in [0.717, 1.165) is 57.8 Å². The third kappa shape index (κ3) is 47.2. The summed E-state index contributed by atoms with van der Waals surface area (Å²) in [5, 5.41) is 121. The van der Waals surface area contributed by atoms with E-state index in [1.54, 1.807) is 6.08 Å². The standard InChI is InChI=1S/C89H161NO18/c1-3-5-7-9-11-13-15-17-19-21-23-25-27-29-30-31-32-33-34-35-36-37-38-39-40-41-42-43-45-47-49-51-53-55-57-59-61-63-65-67-77(95)90-72(73(94)66-64-62-60-58-56-54-52-50-48-46-44-28-26-24-22-20-18-16-14-12-10-8-6-4-2)71-103-87-83(101)80(98)85(75(69-92)105-87)108-89-84(102)81(99)86(76(70-93)106-89)107-88-82(100)79(97)78(96)74(68-91)104-88/h15,17,21,23,27,29,48,50,56,58,64,66,72-76,78-89,91-94,96-102H,3-14,16,18-20,22,24-26,28,30-47,49,51-55,57,59-63,65,67-71H2,1-2H3,(H,90,95)/b17-15-,23-21-,29-27-,50-48+,58-56+,66-64+. The van der Waals surface area contributed by atoms with Gasteiger partial charge in [0.05, 0.1) is 38.6 Å². The predicted octanol–water partition coefficient (Wildman–Crippen LogP) is 16.3. The van der Waals surface area contributed by atoms with Crippen molar-refractivity contribution in [2.45, 2.75) is 458 Å². The molecule has 19 nitrogen and oxygen atoms in total. The van der Waals surface area contributed by atoms with Crippen LogP contribution in [0.25, 0.3) is 0 Å². The maximum Gasteiger partial charge on any atom is 0.220 e. The number of aliphatic hydroxyl groups excluding tert-OH is 11. The van der Waals surface area contributed by atoms with Gasteiger partial charge in [-0.25, -0.2) is 0 Å². The Hall–Kier alpha value is -2.77. The molecular weight excluding hydrogens is 1370 g/mol. The lowest BCUT2D eigenvalue weighted by Gasteiger charge is -2.48. The molecule has 0 radical (unpaired) electrons. The first kappa shape index (κ1) is 99.4. The number of hydrogen-bond donors (Lipinski definition) is 12. The Balaban J connectivity index is 1.32. The van der Waals surface area contributed by atoms with Gasteiger partial charge in [-0.3, -0.25) is 4.79 Å². The zero-order valence-electron chi connectivity index (χ0n) is 67.8. The second kappa shape index (κ2) is 68.6.